The maximum Gasteiger partial charge on any atom is 0.0789 e. The van der Waals surface area contributed by atoms with Gasteiger partial charge in [0.1, 0.15) is 0 Å². The van der Waals surface area contributed by atoms with Gasteiger partial charge in [-0.1, -0.05) is 38.5 Å². The largest absolute Gasteiger partial charge is 0.388 e. The fourth-order valence-corrected chi connectivity index (χ4v) is 2.52. The molecule has 1 nitrogen and oxygen atoms in total. The Labute approximate surface area is 93.9 Å². The van der Waals surface area contributed by atoms with Crippen molar-refractivity contribution in [2.45, 2.75) is 53.6 Å². The lowest BCUT2D eigenvalue weighted by atomic mass is 9.73. The van der Waals surface area contributed by atoms with Crippen molar-refractivity contribution >= 4 is 0 Å². The van der Waals surface area contributed by atoms with E-state index in [1.54, 1.807) is 0 Å². The molecule has 0 radical (unpaired) electrons. The molecule has 0 amide bonds. The highest BCUT2D eigenvalue weighted by atomic mass is 16.3. The molecule has 0 aromatic carbocycles. The molecular weight excluding hydrogens is 184 g/mol. The Hall–Kier alpha value is -0.560. The molecule has 1 aliphatic carbocycles. The Kier molecular flexibility index (Phi) is 3.77. The van der Waals surface area contributed by atoms with Gasteiger partial charge in [0.25, 0.3) is 0 Å². The predicted molar refractivity (Wildman–Crippen MR) is 65.7 cm³/mol. The third-order valence-electron chi connectivity index (χ3n) is 4.16. The van der Waals surface area contributed by atoms with E-state index in [-0.39, 0.29) is 11.5 Å². The van der Waals surface area contributed by atoms with Crippen molar-refractivity contribution < 1.29 is 5.11 Å². The van der Waals surface area contributed by atoms with Gasteiger partial charge in [0.05, 0.1) is 6.10 Å². The first-order chi connectivity index (χ1) is 6.95. The van der Waals surface area contributed by atoms with Crippen LogP contribution in [0.3, 0.4) is 0 Å². The van der Waals surface area contributed by atoms with E-state index < -0.39 is 0 Å². The van der Waals surface area contributed by atoms with Crippen molar-refractivity contribution in [3.63, 3.8) is 0 Å². The average molecular weight is 208 g/mol. The number of aliphatic hydroxyl groups is 1. The highest BCUT2D eigenvalue weighted by Crippen LogP contribution is 2.46. The first-order valence-corrected chi connectivity index (χ1v) is 5.95. The minimum atomic E-state index is -0.274. The van der Waals surface area contributed by atoms with E-state index in [2.05, 4.69) is 39.8 Å². The summed E-state index contributed by atoms with van der Waals surface area (Å²) in [6.07, 6.45) is 6.02. The monoisotopic (exact) mass is 208 g/mol. The van der Waals surface area contributed by atoms with Crippen LogP contribution in [0.1, 0.15) is 47.5 Å². The van der Waals surface area contributed by atoms with Crippen molar-refractivity contribution in [3.05, 3.63) is 23.3 Å². The van der Waals surface area contributed by atoms with Gasteiger partial charge in [0, 0.05) is 5.92 Å². The highest BCUT2D eigenvalue weighted by molar-refractivity contribution is 5.23. The summed E-state index contributed by atoms with van der Waals surface area (Å²) in [5, 5.41) is 10.4. The molecule has 0 aliphatic heterocycles. The van der Waals surface area contributed by atoms with Gasteiger partial charge in [-0.3, -0.25) is 0 Å². The highest BCUT2D eigenvalue weighted by Gasteiger charge is 2.39. The molecule has 0 bridgehead atoms. The van der Waals surface area contributed by atoms with Crippen LogP contribution in [0.2, 0.25) is 0 Å². The van der Waals surface area contributed by atoms with Gasteiger partial charge < -0.3 is 5.11 Å². The molecule has 2 atom stereocenters. The molecule has 0 heterocycles. The van der Waals surface area contributed by atoms with Gasteiger partial charge in [-0.25, -0.2) is 0 Å². The van der Waals surface area contributed by atoms with E-state index in [1.807, 2.05) is 6.92 Å². The van der Waals surface area contributed by atoms with Gasteiger partial charge in [-0.15, -0.1) is 0 Å². The second-order valence-corrected chi connectivity index (χ2v) is 5.11. The number of hydrogen-bond acceptors (Lipinski definition) is 1. The van der Waals surface area contributed by atoms with Crippen molar-refractivity contribution in [1.29, 1.82) is 0 Å². The molecule has 1 heteroatoms. The minimum Gasteiger partial charge on any atom is -0.388 e. The summed E-state index contributed by atoms with van der Waals surface area (Å²) in [4.78, 5) is 0. The van der Waals surface area contributed by atoms with Crippen LogP contribution >= 0.6 is 0 Å². The Bertz CT molecular complexity index is 284. The molecule has 0 spiro atoms. The van der Waals surface area contributed by atoms with Crippen molar-refractivity contribution in [3.8, 4) is 0 Å². The van der Waals surface area contributed by atoms with E-state index in [0.717, 1.165) is 12.8 Å². The Morgan fingerprint density at radius 2 is 2.27 bits per heavy atom. The lowest BCUT2D eigenvalue weighted by Gasteiger charge is -2.34. The second kappa shape index (κ2) is 4.52. The summed E-state index contributed by atoms with van der Waals surface area (Å²) < 4.78 is 0. The number of rotatable bonds is 3. The van der Waals surface area contributed by atoms with Crippen LogP contribution in [-0.4, -0.2) is 11.2 Å². The van der Waals surface area contributed by atoms with Crippen LogP contribution in [0.15, 0.2) is 23.3 Å². The molecule has 1 aliphatic rings. The normalized spacial score (nSPS) is 27.7. The van der Waals surface area contributed by atoms with Gasteiger partial charge in [-0.2, -0.15) is 0 Å². The maximum absolute atomic E-state index is 10.4. The molecule has 0 aromatic rings. The van der Waals surface area contributed by atoms with Crippen LogP contribution in [0.4, 0.5) is 0 Å². The number of allylic oxidation sites excluding steroid dienone is 3. The number of hydrogen-bond donors (Lipinski definition) is 1. The summed E-state index contributed by atoms with van der Waals surface area (Å²) in [6.45, 7) is 10.8. The smallest absolute Gasteiger partial charge is 0.0789 e. The number of aliphatic hydroxyl groups excluding tert-OH is 1. The molecular formula is C14H24O. The first kappa shape index (κ1) is 12.5. The van der Waals surface area contributed by atoms with Crippen molar-refractivity contribution in [2.75, 3.05) is 0 Å². The second-order valence-electron chi connectivity index (χ2n) is 5.11. The van der Waals surface area contributed by atoms with Crippen molar-refractivity contribution in [2.24, 2.45) is 11.3 Å². The first-order valence-electron chi connectivity index (χ1n) is 5.95. The standard InChI is InChI=1S/C14H24O/c1-6-11(7-2)13(15)12-9-8-10(3)14(12,4)5/h6,8,12-13,15H,7,9H2,1-5H3/t12?,13-/m0/s1. The molecule has 1 rings (SSSR count). The summed E-state index contributed by atoms with van der Waals surface area (Å²) in [5.74, 6) is 0.351. The van der Waals surface area contributed by atoms with Gasteiger partial charge in [0.2, 0.25) is 0 Å². The summed E-state index contributed by atoms with van der Waals surface area (Å²) in [6, 6.07) is 0. The maximum atomic E-state index is 10.4. The zero-order valence-corrected chi connectivity index (χ0v) is 10.7. The van der Waals surface area contributed by atoms with E-state index in [0.29, 0.717) is 5.92 Å². The zero-order valence-electron chi connectivity index (χ0n) is 10.7. The van der Waals surface area contributed by atoms with E-state index >= 15 is 0 Å². The fraction of sp³-hybridized carbons (Fsp3) is 0.714. The molecule has 15 heavy (non-hydrogen) atoms. The van der Waals surface area contributed by atoms with Crippen LogP contribution in [-0.2, 0) is 0 Å². The zero-order chi connectivity index (χ0) is 11.6. The summed E-state index contributed by atoms with van der Waals surface area (Å²) in [7, 11) is 0. The van der Waals surface area contributed by atoms with E-state index in [1.165, 1.54) is 11.1 Å². The van der Waals surface area contributed by atoms with E-state index in [9.17, 15) is 5.11 Å². The van der Waals surface area contributed by atoms with Crippen LogP contribution < -0.4 is 0 Å². The SMILES string of the molecule is CC=C(CC)[C@H](O)C1CC=C(C)C1(C)C. The molecule has 0 saturated heterocycles. The van der Waals surface area contributed by atoms with Crippen LogP contribution in [0, 0.1) is 11.3 Å². The predicted octanol–water partition coefficient (Wildman–Crippen LogP) is 3.70. The molecule has 0 fully saturated rings. The van der Waals surface area contributed by atoms with Gasteiger partial charge in [-0.05, 0) is 37.7 Å². The lowest BCUT2D eigenvalue weighted by molar-refractivity contribution is 0.0865. The Morgan fingerprint density at radius 1 is 1.67 bits per heavy atom. The molecule has 0 saturated carbocycles. The lowest BCUT2D eigenvalue weighted by Crippen LogP contribution is -2.32. The summed E-state index contributed by atoms with van der Waals surface area (Å²) >= 11 is 0. The van der Waals surface area contributed by atoms with Gasteiger partial charge in [0.15, 0.2) is 0 Å². The average Bonchev–Trinajstić information content (AvgIpc) is 2.44. The molecule has 0 aromatic heterocycles. The van der Waals surface area contributed by atoms with Gasteiger partial charge >= 0.3 is 0 Å². The quantitative estimate of drug-likeness (QED) is 0.701. The van der Waals surface area contributed by atoms with Crippen molar-refractivity contribution in [1.82, 2.24) is 0 Å². The van der Waals surface area contributed by atoms with Crippen LogP contribution in [0.5, 0.6) is 0 Å². The third-order valence-corrected chi connectivity index (χ3v) is 4.16. The Balaban J connectivity index is 2.84. The molecule has 86 valence electrons. The van der Waals surface area contributed by atoms with E-state index in [4.69, 9.17) is 0 Å². The Morgan fingerprint density at radius 3 is 2.60 bits per heavy atom. The summed E-state index contributed by atoms with van der Waals surface area (Å²) in [5.41, 5.74) is 2.73. The third kappa shape index (κ3) is 2.17. The van der Waals surface area contributed by atoms with Crippen LogP contribution in [0.25, 0.3) is 0 Å². The molecule has 1 N–H and O–H groups in total. The fourth-order valence-electron chi connectivity index (χ4n) is 2.52. The minimum absolute atomic E-state index is 0.142. The topological polar surface area (TPSA) is 20.2 Å². The molecule has 1 unspecified atom stereocenters.